The zero-order valence-electron chi connectivity index (χ0n) is 25.3. The first-order chi connectivity index (χ1) is 18.5. The molecule has 0 spiro atoms. The van der Waals surface area contributed by atoms with Crippen molar-refractivity contribution in [3.63, 3.8) is 0 Å². The van der Waals surface area contributed by atoms with Crippen molar-refractivity contribution in [2.45, 2.75) is 76.3 Å². The maximum atomic E-state index is 13.5. The molecule has 0 saturated carbocycles. The monoisotopic (exact) mass is 653 g/mol. The normalized spacial score (nSPS) is 15.8. The molecule has 0 aromatic heterocycles. The van der Waals surface area contributed by atoms with Gasteiger partial charge in [-0.05, 0) is 77.5 Å². The molecule has 10 nitrogen and oxygen atoms in total. The number of benzene rings is 2. The first-order valence-corrected chi connectivity index (χ1v) is 27.1. The van der Waals surface area contributed by atoms with Crippen molar-refractivity contribution < 1.29 is 34.9 Å². The molecule has 3 N–H and O–H groups in total. The lowest BCUT2D eigenvalue weighted by Gasteiger charge is -2.41. The highest BCUT2D eigenvalue weighted by atomic mass is 32.2. The zero-order valence-corrected chi connectivity index (χ0v) is 30.1. The maximum Gasteiger partial charge on any atom is 0.315 e. The SMILES string of the molecule is C[Si](C)(C)O[Si](C)(C)O[Si](C)(CCCNc1cc(S(=O)(=O)[O-])c(N)c2c1C(=O)c1ccccc1C2=O)O[Si](C)(C)C. The van der Waals surface area contributed by atoms with Crippen molar-refractivity contribution in [1.29, 1.82) is 0 Å². The fraction of sp³-hybridized carbons (Fsp3) is 0.462. The number of rotatable bonds is 12. The molecule has 0 saturated heterocycles. The number of carbonyl (C=O) groups is 2. The number of hydrogen-bond acceptors (Lipinski definition) is 10. The molecule has 1 aliphatic rings. The first kappa shape index (κ1) is 33.5. The molecular formula is C26H41N2O8SSi4-. The predicted molar refractivity (Wildman–Crippen MR) is 169 cm³/mol. The van der Waals surface area contributed by atoms with E-state index in [2.05, 4.69) is 44.6 Å². The summed E-state index contributed by atoms with van der Waals surface area (Å²) in [6, 6.07) is 7.91. The lowest BCUT2D eigenvalue weighted by Crippen LogP contribution is -2.56. The van der Waals surface area contributed by atoms with Gasteiger partial charge in [-0.15, -0.1) is 0 Å². The quantitative estimate of drug-likeness (QED) is 0.115. The number of nitrogens with two attached hydrogens (primary N) is 1. The van der Waals surface area contributed by atoms with Crippen molar-refractivity contribution in [3.05, 3.63) is 52.6 Å². The highest BCUT2D eigenvalue weighted by molar-refractivity contribution is 7.86. The van der Waals surface area contributed by atoms with Gasteiger partial charge in [-0.2, -0.15) is 0 Å². The average molecular weight is 654 g/mol. The smallest absolute Gasteiger partial charge is 0.315 e. The van der Waals surface area contributed by atoms with E-state index >= 15 is 0 Å². The molecule has 2 aromatic rings. The number of nitrogens with one attached hydrogen (secondary N) is 1. The van der Waals surface area contributed by atoms with Crippen LogP contribution in [0.25, 0.3) is 0 Å². The summed E-state index contributed by atoms with van der Waals surface area (Å²) in [6.07, 6.45) is 0.558. The summed E-state index contributed by atoms with van der Waals surface area (Å²) in [4.78, 5) is 26.1. The highest BCUT2D eigenvalue weighted by Crippen LogP contribution is 2.39. The number of nitrogen functional groups attached to an aromatic ring is 1. The number of anilines is 2. The van der Waals surface area contributed by atoms with Crippen LogP contribution in [0.2, 0.25) is 65.0 Å². The standard InChI is InChI=1S/C26H42N2O8SSi4/c1-38(2,3)34-40(7,8)36-41(9,35-39(4,5)6)16-12-15-28-20-17-21(37(31,32)33)24(27)23-22(20)25(29)18-13-10-11-14-19(18)26(23)30/h10-11,13-14,17,28H,12,15-16,27H2,1-9H3,(H,31,32,33)/p-1. The molecule has 1 aliphatic carbocycles. The fourth-order valence-corrected chi connectivity index (χ4v) is 23.9. The van der Waals surface area contributed by atoms with Crippen LogP contribution in [0.4, 0.5) is 11.4 Å². The van der Waals surface area contributed by atoms with Crippen molar-refractivity contribution >= 4 is 66.8 Å². The Morgan fingerprint density at radius 1 is 0.829 bits per heavy atom. The van der Waals surface area contributed by atoms with Gasteiger partial charge in [-0.25, -0.2) is 8.42 Å². The topological polar surface area (TPSA) is 157 Å². The van der Waals surface area contributed by atoms with Gasteiger partial charge in [0, 0.05) is 23.4 Å². The molecule has 3 rings (SSSR count). The van der Waals surface area contributed by atoms with Crippen LogP contribution in [-0.4, -0.2) is 64.8 Å². The molecule has 0 amide bonds. The van der Waals surface area contributed by atoms with Gasteiger partial charge < -0.3 is 27.9 Å². The van der Waals surface area contributed by atoms with Gasteiger partial charge in [0.25, 0.3) is 0 Å². The second kappa shape index (κ2) is 11.6. The Hall–Kier alpha value is -1.96. The second-order valence-electron chi connectivity index (χ2n) is 12.8. The van der Waals surface area contributed by atoms with Gasteiger partial charge in [-0.3, -0.25) is 9.59 Å². The Morgan fingerprint density at radius 2 is 1.34 bits per heavy atom. The Bertz CT molecular complexity index is 1470. The van der Waals surface area contributed by atoms with Crippen LogP contribution in [0, 0.1) is 0 Å². The van der Waals surface area contributed by atoms with Crippen LogP contribution >= 0.6 is 0 Å². The summed E-state index contributed by atoms with van der Waals surface area (Å²) in [5.41, 5.74) is 5.59. The van der Waals surface area contributed by atoms with Crippen molar-refractivity contribution in [3.8, 4) is 0 Å². The third-order valence-corrected chi connectivity index (χ3v) is 20.6. The van der Waals surface area contributed by atoms with Gasteiger partial charge in [0.15, 0.2) is 28.2 Å². The van der Waals surface area contributed by atoms with Crippen LogP contribution in [0.1, 0.15) is 38.3 Å². The summed E-state index contributed by atoms with van der Waals surface area (Å²) in [5, 5.41) is 3.11. The molecule has 1 atom stereocenters. The lowest BCUT2D eigenvalue weighted by molar-refractivity contribution is 0.0980. The van der Waals surface area contributed by atoms with Crippen molar-refractivity contribution in [2.24, 2.45) is 0 Å². The number of ketones is 2. The second-order valence-corrected chi connectivity index (χ2v) is 30.7. The van der Waals surface area contributed by atoms with Gasteiger partial charge in [0.1, 0.15) is 10.1 Å². The Balaban J connectivity index is 1.92. The number of fused-ring (bicyclic) bond motifs is 2. The van der Waals surface area contributed by atoms with Crippen LogP contribution in [0.15, 0.2) is 35.2 Å². The molecule has 0 bridgehead atoms. The van der Waals surface area contributed by atoms with E-state index in [1.807, 2.05) is 19.6 Å². The first-order valence-electron chi connectivity index (χ1n) is 13.5. The summed E-state index contributed by atoms with van der Waals surface area (Å²) in [7, 11) is -14.1. The highest BCUT2D eigenvalue weighted by Gasteiger charge is 2.44. The summed E-state index contributed by atoms with van der Waals surface area (Å²) in [5.74, 6) is -1.08. The molecule has 2 aromatic carbocycles. The van der Waals surface area contributed by atoms with Crippen LogP contribution in [-0.2, 0) is 22.5 Å². The Kier molecular flexibility index (Phi) is 9.50. The van der Waals surface area contributed by atoms with Gasteiger partial charge in [0.2, 0.25) is 0 Å². The van der Waals surface area contributed by atoms with E-state index in [9.17, 15) is 22.6 Å². The molecule has 0 aliphatic heterocycles. The van der Waals surface area contributed by atoms with Gasteiger partial charge in [-0.1, -0.05) is 24.3 Å². The fourth-order valence-electron chi connectivity index (χ4n) is 5.32. The maximum absolute atomic E-state index is 13.5. The molecule has 41 heavy (non-hydrogen) atoms. The molecular weight excluding hydrogens is 613 g/mol. The number of carbonyl (C=O) groups excluding carboxylic acids is 2. The van der Waals surface area contributed by atoms with Crippen molar-refractivity contribution in [1.82, 2.24) is 0 Å². The summed E-state index contributed by atoms with van der Waals surface area (Å²) in [6.45, 7) is 19.1. The zero-order chi connectivity index (χ0) is 31.2. The summed E-state index contributed by atoms with van der Waals surface area (Å²) < 4.78 is 56.0. The molecule has 226 valence electrons. The van der Waals surface area contributed by atoms with Crippen molar-refractivity contribution in [2.75, 3.05) is 17.6 Å². The molecule has 0 fully saturated rings. The van der Waals surface area contributed by atoms with Crippen LogP contribution < -0.4 is 11.1 Å². The summed E-state index contributed by atoms with van der Waals surface area (Å²) >= 11 is 0. The van der Waals surface area contributed by atoms with E-state index in [1.54, 1.807) is 12.1 Å². The van der Waals surface area contributed by atoms with Gasteiger partial charge in [0.05, 0.1) is 21.7 Å². The largest absolute Gasteiger partial charge is 0.744 e. The lowest BCUT2D eigenvalue weighted by atomic mass is 9.82. The van der Waals surface area contributed by atoms with E-state index in [-0.39, 0.29) is 27.9 Å². The minimum atomic E-state index is -5.03. The Labute approximate surface area is 247 Å². The van der Waals surface area contributed by atoms with E-state index in [0.29, 0.717) is 19.0 Å². The average Bonchev–Trinajstić information content (AvgIpc) is 2.76. The third kappa shape index (κ3) is 8.32. The van der Waals surface area contributed by atoms with E-state index < -0.39 is 66.0 Å². The van der Waals surface area contributed by atoms with Gasteiger partial charge >= 0.3 is 17.1 Å². The van der Waals surface area contributed by atoms with E-state index in [4.69, 9.17) is 18.1 Å². The van der Waals surface area contributed by atoms with E-state index in [1.165, 1.54) is 12.1 Å². The molecule has 15 heteroatoms. The number of hydrogen-bond donors (Lipinski definition) is 2. The van der Waals surface area contributed by atoms with E-state index in [0.717, 1.165) is 6.07 Å². The molecule has 0 radical (unpaired) electrons. The minimum Gasteiger partial charge on any atom is -0.744 e. The third-order valence-electron chi connectivity index (χ3n) is 6.13. The van der Waals surface area contributed by atoms with Crippen LogP contribution in [0.3, 0.4) is 0 Å². The molecule has 1 unspecified atom stereocenters. The predicted octanol–water partition coefficient (Wildman–Crippen LogP) is 5.24. The van der Waals surface area contributed by atoms with Crippen LogP contribution in [0.5, 0.6) is 0 Å². The Morgan fingerprint density at radius 3 is 1.83 bits per heavy atom. The minimum absolute atomic E-state index is 0.0368. The molecule has 0 heterocycles.